The Morgan fingerprint density at radius 2 is 1.93 bits per heavy atom. The van der Waals surface area contributed by atoms with Gasteiger partial charge in [0.15, 0.2) is 5.96 Å². The molecule has 0 fully saturated rings. The van der Waals surface area contributed by atoms with Crippen molar-refractivity contribution in [1.29, 1.82) is 0 Å². The number of para-hydroxylation sites is 1. The lowest BCUT2D eigenvalue weighted by atomic mass is 10.1. The molecule has 160 valence electrons. The molecule has 0 saturated heterocycles. The summed E-state index contributed by atoms with van der Waals surface area (Å²) in [5, 5.41) is 11.4. The van der Waals surface area contributed by atoms with Gasteiger partial charge in [-0.1, -0.05) is 32.0 Å². The summed E-state index contributed by atoms with van der Waals surface area (Å²) in [5.74, 6) is 2.22. The summed E-state index contributed by atoms with van der Waals surface area (Å²) in [6.45, 7) is 14.9. The minimum Gasteiger partial charge on any atom is -0.493 e. The van der Waals surface area contributed by atoms with Gasteiger partial charge in [0, 0.05) is 30.9 Å². The largest absolute Gasteiger partial charge is 0.493 e. The third-order valence-corrected chi connectivity index (χ3v) is 4.85. The van der Waals surface area contributed by atoms with Crippen LogP contribution in [0, 0.1) is 19.8 Å². The molecule has 0 aliphatic rings. The summed E-state index contributed by atoms with van der Waals surface area (Å²) in [4.78, 5) is 4.80. The lowest BCUT2D eigenvalue weighted by molar-refractivity contribution is 0.268. The number of guanidine groups is 1. The maximum atomic E-state index is 5.96. The van der Waals surface area contributed by atoms with Crippen molar-refractivity contribution in [2.75, 3.05) is 13.2 Å². The van der Waals surface area contributed by atoms with Crippen LogP contribution in [0.1, 0.15) is 50.2 Å². The molecule has 0 bridgehead atoms. The number of nitrogens with one attached hydrogen (secondary N) is 2. The molecule has 1 aromatic heterocycles. The van der Waals surface area contributed by atoms with E-state index in [9.17, 15) is 0 Å². The summed E-state index contributed by atoms with van der Waals surface area (Å²) in [6.07, 6.45) is 0.907. The van der Waals surface area contributed by atoms with Gasteiger partial charge in [0.2, 0.25) is 0 Å². The summed E-state index contributed by atoms with van der Waals surface area (Å²) in [7, 11) is 1.99. The predicted octanol–water partition coefficient (Wildman–Crippen LogP) is 3.76. The smallest absolute Gasteiger partial charge is 0.191 e. The van der Waals surface area contributed by atoms with Gasteiger partial charge in [0.25, 0.3) is 0 Å². The first kappa shape index (κ1) is 22.8. The molecule has 1 aromatic carbocycles. The quantitative estimate of drug-likeness (QED) is 0.498. The van der Waals surface area contributed by atoms with E-state index in [0.717, 1.165) is 35.9 Å². The Labute approximate surface area is 175 Å². The number of aliphatic imine (C=N–C) groups is 1. The maximum absolute atomic E-state index is 5.96. The first-order valence-corrected chi connectivity index (χ1v) is 10.6. The van der Waals surface area contributed by atoms with Gasteiger partial charge in [-0.25, -0.2) is 4.99 Å². The Balaban J connectivity index is 2.06. The summed E-state index contributed by atoms with van der Waals surface area (Å²) >= 11 is 0. The Morgan fingerprint density at radius 1 is 1.21 bits per heavy atom. The highest BCUT2D eigenvalue weighted by atomic mass is 16.5. The average molecular weight is 400 g/mol. The predicted molar refractivity (Wildman–Crippen MR) is 121 cm³/mol. The number of benzene rings is 1. The van der Waals surface area contributed by atoms with Crippen molar-refractivity contribution in [3.8, 4) is 5.75 Å². The van der Waals surface area contributed by atoms with Crippen LogP contribution >= 0.6 is 0 Å². The van der Waals surface area contributed by atoms with Gasteiger partial charge in [0.1, 0.15) is 5.75 Å². The Kier molecular flexibility index (Phi) is 8.55. The van der Waals surface area contributed by atoms with E-state index >= 15 is 0 Å². The zero-order valence-electron chi connectivity index (χ0n) is 19.0. The van der Waals surface area contributed by atoms with Crippen LogP contribution in [0.2, 0.25) is 0 Å². The Morgan fingerprint density at radius 3 is 2.55 bits per heavy atom. The monoisotopic (exact) mass is 399 g/mol. The van der Waals surface area contributed by atoms with Gasteiger partial charge in [-0.05, 0) is 51.7 Å². The second kappa shape index (κ2) is 10.9. The molecule has 0 amide bonds. The zero-order valence-corrected chi connectivity index (χ0v) is 19.0. The minimum absolute atomic E-state index is 0.238. The van der Waals surface area contributed by atoms with Crippen LogP contribution in [0.25, 0.3) is 0 Å². The van der Waals surface area contributed by atoms with E-state index in [1.54, 1.807) is 0 Å². The van der Waals surface area contributed by atoms with Crippen molar-refractivity contribution in [2.24, 2.45) is 18.0 Å². The lowest BCUT2D eigenvalue weighted by Crippen LogP contribution is -2.43. The molecule has 0 radical (unpaired) electrons. The number of hydrogen-bond donors (Lipinski definition) is 2. The molecular weight excluding hydrogens is 362 g/mol. The second-order valence-electron chi connectivity index (χ2n) is 8.03. The van der Waals surface area contributed by atoms with E-state index < -0.39 is 0 Å². The summed E-state index contributed by atoms with van der Waals surface area (Å²) < 4.78 is 7.91. The maximum Gasteiger partial charge on any atom is 0.191 e. The second-order valence-corrected chi connectivity index (χ2v) is 8.03. The molecule has 0 aliphatic heterocycles. The van der Waals surface area contributed by atoms with Gasteiger partial charge in [-0.2, -0.15) is 5.10 Å². The molecule has 6 heteroatoms. The standard InChI is InChI=1S/C23H37N5O/c1-8-24-23(26-17(4)13-21-18(5)27-28(7)19(21)6)25-14-20-11-9-10-12-22(20)29-15-16(2)3/h9-12,16-17H,8,13-15H2,1-7H3,(H2,24,25,26). The van der Waals surface area contributed by atoms with Crippen molar-refractivity contribution in [2.45, 2.75) is 60.5 Å². The highest BCUT2D eigenvalue weighted by Gasteiger charge is 2.14. The molecular formula is C23H37N5O. The Bertz CT molecular complexity index is 810. The van der Waals surface area contributed by atoms with Crippen LogP contribution in [-0.4, -0.2) is 34.9 Å². The van der Waals surface area contributed by atoms with Crippen molar-refractivity contribution >= 4 is 5.96 Å². The van der Waals surface area contributed by atoms with E-state index in [4.69, 9.17) is 9.73 Å². The number of aromatic nitrogens is 2. The molecule has 29 heavy (non-hydrogen) atoms. The number of hydrogen-bond acceptors (Lipinski definition) is 3. The molecule has 1 heterocycles. The number of nitrogens with zero attached hydrogens (tertiary/aromatic N) is 3. The van der Waals surface area contributed by atoms with Crippen molar-refractivity contribution in [3.63, 3.8) is 0 Å². The van der Waals surface area contributed by atoms with Gasteiger partial charge >= 0.3 is 0 Å². The third-order valence-electron chi connectivity index (χ3n) is 4.85. The fraction of sp³-hybridized carbons (Fsp3) is 0.565. The molecule has 1 unspecified atom stereocenters. The number of rotatable bonds is 9. The van der Waals surface area contributed by atoms with Crippen molar-refractivity contribution < 1.29 is 4.74 Å². The first-order valence-electron chi connectivity index (χ1n) is 10.6. The number of ether oxygens (including phenoxy) is 1. The molecule has 2 aromatic rings. The van der Waals surface area contributed by atoms with Crippen LogP contribution in [0.15, 0.2) is 29.3 Å². The molecule has 6 nitrogen and oxygen atoms in total. The SMILES string of the molecule is CCNC(=NCc1ccccc1OCC(C)C)NC(C)Cc1c(C)nn(C)c1C. The highest BCUT2D eigenvalue weighted by Crippen LogP contribution is 2.20. The fourth-order valence-electron chi connectivity index (χ4n) is 3.22. The summed E-state index contributed by atoms with van der Waals surface area (Å²) in [6, 6.07) is 8.37. The van der Waals surface area contributed by atoms with Crippen LogP contribution in [-0.2, 0) is 20.0 Å². The molecule has 0 spiro atoms. The average Bonchev–Trinajstić information content (AvgIpc) is 2.91. The molecule has 2 N–H and O–H groups in total. The normalized spacial score (nSPS) is 12.9. The first-order chi connectivity index (χ1) is 13.8. The minimum atomic E-state index is 0.238. The molecule has 1 atom stereocenters. The van der Waals surface area contributed by atoms with E-state index in [1.165, 1.54) is 11.3 Å². The lowest BCUT2D eigenvalue weighted by Gasteiger charge is -2.18. The van der Waals surface area contributed by atoms with Crippen molar-refractivity contribution in [3.05, 3.63) is 46.8 Å². The van der Waals surface area contributed by atoms with E-state index in [2.05, 4.69) is 63.3 Å². The third kappa shape index (κ3) is 6.80. The van der Waals surface area contributed by atoms with Gasteiger partial charge in [-0.15, -0.1) is 0 Å². The van der Waals surface area contributed by atoms with Crippen LogP contribution in [0.4, 0.5) is 0 Å². The van der Waals surface area contributed by atoms with E-state index in [-0.39, 0.29) is 6.04 Å². The molecule has 0 saturated carbocycles. The van der Waals surface area contributed by atoms with Gasteiger partial charge < -0.3 is 15.4 Å². The van der Waals surface area contributed by atoms with Crippen molar-refractivity contribution in [1.82, 2.24) is 20.4 Å². The fourth-order valence-corrected chi connectivity index (χ4v) is 3.22. The van der Waals surface area contributed by atoms with Crippen LogP contribution in [0.3, 0.4) is 0 Å². The summed E-state index contributed by atoms with van der Waals surface area (Å²) in [5.41, 5.74) is 4.71. The molecule has 0 aliphatic carbocycles. The highest BCUT2D eigenvalue weighted by molar-refractivity contribution is 5.80. The molecule has 2 rings (SSSR count). The van der Waals surface area contributed by atoms with E-state index in [0.29, 0.717) is 19.1 Å². The zero-order chi connectivity index (χ0) is 21.4. The van der Waals surface area contributed by atoms with E-state index in [1.807, 2.05) is 29.9 Å². The van der Waals surface area contributed by atoms with Crippen LogP contribution in [0.5, 0.6) is 5.75 Å². The van der Waals surface area contributed by atoms with Crippen LogP contribution < -0.4 is 15.4 Å². The van der Waals surface area contributed by atoms with Gasteiger partial charge in [0.05, 0.1) is 18.8 Å². The topological polar surface area (TPSA) is 63.5 Å². The number of aryl methyl sites for hydroxylation is 2. The Hall–Kier alpha value is -2.50. The van der Waals surface area contributed by atoms with Gasteiger partial charge in [-0.3, -0.25) is 4.68 Å².